The van der Waals surface area contributed by atoms with Gasteiger partial charge in [0.2, 0.25) is 5.91 Å². The van der Waals surface area contributed by atoms with E-state index in [4.69, 9.17) is 0 Å². The van der Waals surface area contributed by atoms with Crippen LogP contribution in [0, 0.1) is 12.8 Å². The number of amides is 1. The number of rotatable bonds is 7. The third kappa shape index (κ3) is 6.39. The number of piperidine rings is 1. The molecule has 0 aliphatic carbocycles. The molecule has 0 aromatic heterocycles. The second-order valence-corrected chi connectivity index (χ2v) is 10.3. The van der Waals surface area contributed by atoms with Crippen molar-refractivity contribution in [3.05, 3.63) is 106 Å². The predicted molar refractivity (Wildman–Crippen MR) is 142 cm³/mol. The van der Waals surface area contributed by atoms with Crippen LogP contribution in [0.4, 0.5) is 0 Å². The molecule has 2 aliphatic heterocycles. The highest BCUT2D eigenvalue weighted by atomic mass is 16.1. The fourth-order valence-electron chi connectivity index (χ4n) is 5.48. The van der Waals surface area contributed by atoms with E-state index in [1.807, 2.05) is 0 Å². The second kappa shape index (κ2) is 11.2. The van der Waals surface area contributed by atoms with E-state index < -0.39 is 0 Å². The van der Waals surface area contributed by atoms with Gasteiger partial charge in [-0.1, -0.05) is 78.4 Å². The molecule has 0 saturated carbocycles. The zero-order chi connectivity index (χ0) is 24.0. The average molecular weight is 468 g/mol. The molecule has 35 heavy (non-hydrogen) atoms. The molecule has 1 unspecified atom stereocenters. The Bertz CT molecular complexity index is 1140. The van der Waals surface area contributed by atoms with E-state index in [0.29, 0.717) is 6.54 Å². The van der Waals surface area contributed by atoms with Gasteiger partial charge in [0, 0.05) is 39.3 Å². The van der Waals surface area contributed by atoms with Gasteiger partial charge in [0.05, 0.1) is 5.92 Å². The van der Waals surface area contributed by atoms with Crippen molar-refractivity contribution in [1.82, 2.24) is 15.1 Å². The van der Waals surface area contributed by atoms with Crippen molar-refractivity contribution in [3.8, 4) is 0 Å². The Kier molecular flexibility index (Phi) is 7.60. The van der Waals surface area contributed by atoms with Gasteiger partial charge >= 0.3 is 0 Å². The maximum Gasteiger partial charge on any atom is 0.224 e. The van der Waals surface area contributed by atoms with Crippen LogP contribution in [0.2, 0.25) is 0 Å². The molecule has 1 N–H and O–H groups in total. The summed E-state index contributed by atoms with van der Waals surface area (Å²) in [6.45, 7) is 8.62. The van der Waals surface area contributed by atoms with Crippen molar-refractivity contribution in [2.75, 3.05) is 19.6 Å². The van der Waals surface area contributed by atoms with Crippen molar-refractivity contribution < 1.29 is 4.79 Å². The summed E-state index contributed by atoms with van der Waals surface area (Å²) in [6, 6.07) is 26.2. The molecule has 1 amide bonds. The molecule has 5 rings (SSSR count). The Morgan fingerprint density at radius 2 is 1.63 bits per heavy atom. The largest absolute Gasteiger partial charge is 0.352 e. The molecule has 0 bridgehead atoms. The van der Waals surface area contributed by atoms with E-state index in [1.54, 1.807) is 0 Å². The van der Waals surface area contributed by atoms with Gasteiger partial charge in [0.15, 0.2) is 0 Å². The van der Waals surface area contributed by atoms with E-state index in [2.05, 4.69) is 94.8 Å². The summed E-state index contributed by atoms with van der Waals surface area (Å²) >= 11 is 0. The molecule has 0 spiro atoms. The van der Waals surface area contributed by atoms with Crippen LogP contribution in [0.1, 0.15) is 46.2 Å². The highest BCUT2D eigenvalue weighted by Gasteiger charge is 2.25. The lowest BCUT2D eigenvalue weighted by molar-refractivity contribution is -0.126. The van der Waals surface area contributed by atoms with Crippen LogP contribution in [-0.4, -0.2) is 35.3 Å². The molecule has 0 radical (unpaired) electrons. The third-order valence-electron chi connectivity index (χ3n) is 7.48. The van der Waals surface area contributed by atoms with E-state index in [9.17, 15) is 4.79 Å². The fraction of sp³-hybridized carbons (Fsp3) is 0.387. The second-order valence-electron chi connectivity index (χ2n) is 10.3. The smallest absolute Gasteiger partial charge is 0.224 e. The van der Waals surface area contributed by atoms with Gasteiger partial charge in [-0.25, -0.2) is 0 Å². The summed E-state index contributed by atoms with van der Waals surface area (Å²) in [6.07, 6.45) is 3.18. The first-order valence-electron chi connectivity index (χ1n) is 13.0. The number of nitrogens with one attached hydrogen (secondary N) is 1. The van der Waals surface area contributed by atoms with Gasteiger partial charge in [0.25, 0.3) is 0 Å². The summed E-state index contributed by atoms with van der Waals surface area (Å²) in [5, 5.41) is 3.23. The van der Waals surface area contributed by atoms with Crippen LogP contribution in [0.5, 0.6) is 0 Å². The average Bonchev–Trinajstić information content (AvgIpc) is 2.89. The molecular weight excluding hydrogens is 430 g/mol. The molecule has 2 aliphatic rings. The first-order chi connectivity index (χ1) is 17.1. The van der Waals surface area contributed by atoms with Gasteiger partial charge in [-0.05, 0) is 60.5 Å². The van der Waals surface area contributed by atoms with Crippen LogP contribution in [0.25, 0.3) is 0 Å². The Balaban J connectivity index is 1.12. The molecule has 4 nitrogen and oxygen atoms in total. The number of hydrogen-bond acceptors (Lipinski definition) is 3. The molecule has 1 saturated heterocycles. The van der Waals surface area contributed by atoms with Gasteiger partial charge in [-0.15, -0.1) is 0 Å². The van der Waals surface area contributed by atoms with Crippen LogP contribution >= 0.6 is 0 Å². The standard InChI is InChI=1S/C31H37N3O/c1-24-11-13-25(14-12-24)20-33-16-5-10-30(23-33)31(35)32-19-26-6-4-7-27(18-26)21-34-17-15-28-8-2-3-9-29(28)22-34/h2-4,6-9,11-14,18,30H,5,10,15-17,19-23H2,1H3,(H,32,35). The minimum atomic E-state index is 0.0748. The van der Waals surface area contributed by atoms with Crippen molar-refractivity contribution in [1.29, 1.82) is 0 Å². The lowest BCUT2D eigenvalue weighted by Crippen LogP contribution is -2.42. The van der Waals surface area contributed by atoms with Crippen molar-refractivity contribution in [2.24, 2.45) is 5.92 Å². The van der Waals surface area contributed by atoms with E-state index in [1.165, 1.54) is 33.4 Å². The topological polar surface area (TPSA) is 35.6 Å². The Hall–Kier alpha value is -2.95. The minimum Gasteiger partial charge on any atom is -0.352 e. The van der Waals surface area contributed by atoms with Gasteiger partial charge < -0.3 is 5.32 Å². The van der Waals surface area contributed by atoms with Crippen molar-refractivity contribution in [3.63, 3.8) is 0 Å². The Morgan fingerprint density at radius 1 is 0.857 bits per heavy atom. The molecule has 1 atom stereocenters. The van der Waals surface area contributed by atoms with Crippen LogP contribution < -0.4 is 5.32 Å². The fourth-order valence-corrected chi connectivity index (χ4v) is 5.48. The molecule has 3 aromatic rings. The Morgan fingerprint density at radius 3 is 2.49 bits per heavy atom. The zero-order valence-corrected chi connectivity index (χ0v) is 20.9. The van der Waals surface area contributed by atoms with E-state index in [-0.39, 0.29) is 11.8 Å². The summed E-state index contributed by atoms with van der Waals surface area (Å²) in [5.74, 6) is 0.266. The monoisotopic (exact) mass is 467 g/mol. The number of carbonyl (C=O) groups excluding carboxylic acids is 1. The molecular formula is C31H37N3O. The lowest BCUT2D eigenvalue weighted by Gasteiger charge is -2.32. The van der Waals surface area contributed by atoms with Gasteiger partial charge in [-0.3, -0.25) is 14.6 Å². The molecule has 2 heterocycles. The highest BCUT2D eigenvalue weighted by Crippen LogP contribution is 2.21. The summed E-state index contributed by atoms with van der Waals surface area (Å²) in [7, 11) is 0. The number of carbonyl (C=O) groups is 1. The first-order valence-corrected chi connectivity index (χ1v) is 13.0. The number of hydrogen-bond donors (Lipinski definition) is 1. The lowest BCUT2D eigenvalue weighted by atomic mass is 9.96. The van der Waals surface area contributed by atoms with E-state index >= 15 is 0 Å². The maximum atomic E-state index is 13.0. The third-order valence-corrected chi connectivity index (χ3v) is 7.48. The number of aryl methyl sites for hydroxylation is 1. The number of likely N-dealkylation sites (tertiary alicyclic amines) is 1. The number of benzene rings is 3. The normalized spacial score (nSPS) is 18.7. The minimum absolute atomic E-state index is 0.0748. The molecule has 3 aromatic carbocycles. The van der Waals surface area contributed by atoms with Crippen LogP contribution in [-0.2, 0) is 37.4 Å². The predicted octanol–water partition coefficient (Wildman–Crippen LogP) is 5.08. The quantitative estimate of drug-likeness (QED) is 0.526. The van der Waals surface area contributed by atoms with Crippen LogP contribution in [0.15, 0.2) is 72.8 Å². The van der Waals surface area contributed by atoms with Gasteiger partial charge in [0.1, 0.15) is 0 Å². The van der Waals surface area contributed by atoms with Gasteiger partial charge in [-0.2, -0.15) is 0 Å². The summed E-state index contributed by atoms with van der Waals surface area (Å²) < 4.78 is 0. The van der Waals surface area contributed by atoms with E-state index in [0.717, 1.165) is 58.5 Å². The maximum absolute atomic E-state index is 13.0. The SMILES string of the molecule is Cc1ccc(CN2CCCC(C(=O)NCc3cccc(CN4CCc5ccccc5C4)c3)C2)cc1. The molecule has 1 fully saturated rings. The molecule has 182 valence electrons. The number of fused-ring (bicyclic) bond motifs is 1. The van der Waals surface area contributed by atoms with Crippen LogP contribution in [0.3, 0.4) is 0 Å². The van der Waals surface area contributed by atoms with Crippen molar-refractivity contribution >= 4 is 5.91 Å². The Labute approximate surface area is 210 Å². The summed E-state index contributed by atoms with van der Waals surface area (Å²) in [5.41, 5.74) is 8.05. The summed E-state index contributed by atoms with van der Waals surface area (Å²) in [4.78, 5) is 17.9. The zero-order valence-electron chi connectivity index (χ0n) is 20.9. The first kappa shape index (κ1) is 23.8. The molecule has 4 heteroatoms. The highest BCUT2D eigenvalue weighted by molar-refractivity contribution is 5.79. The van der Waals surface area contributed by atoms with Crippen molar-refractivity contribution in [2.45, 2.75) is 52.4 Å². The number of nitrogens with zero attached hydrogens (tertiary/aromatic N) is 2.